The first-order valence-electron chi connectivity index (χ1n) is 9.44. The third kappa shape index (κ3) is 3.91. The molecule has 27 heavy (non-hydrogen) atoms. The van der Waals surface area contributed by atoms with Crippen LogP contribution in [0.4, 0.5) is 0 Å². The molecule has 0 aliphatic heterocycles. The molecule has 0 aliphatic rings. The van der Waals surface area contributed by atoms with Gasteiger partial charge in [-0.2, -0.15) is 0 Å². The van der Waals surface area contributed by atoms with Crippen LogP contribution >= 0.6 is 7.26 Å². The zero-order valence-corrected chi connectivity index (χ0v) is 16.9. The standard InChI is InChI=1S/C24H26NOP/c1-3-25(4-2)24(26)20-27(21-14-8-5-9-15-21,22-16-10-6-11-17-22)23-18-12-7-13-19-23/h5-20H,3-4H2,1-2H3/p+1/b24-20-. The molecule has 0 atom stereocenters. The van der Waals surface area contributed by atoms with Gasteiger partial charge in [0, 0.05) is 13.1 Å². The number of aliphatic hydroxyl groups is 1. The third-order valence-electron chi connectivity index (χ3n) is 4.89. The van der Waals surface area contributed by atoms with E-state index in [9.17, 15) is 5.11 Å². The van der Waals surface area contributed by atoms with Crippen molar-refractivity contribution < 1.29 is 5.11 Å². The second-order valence-electron chi connectivity index (χ2n) is 6.39. The van der Waals surface area contributed by atoms with Gasteiger partial charge in [0.2, 0.25) is 5.88 Å². The summed E-state index contributed by atoms with van der Waals surface area (Å²) in [6, 6.07) is 31.7. The molecule has 3 aromatic rings. The highest BCUT2D eigenvalue weighted by Gasteiger charge is 2.44. The number of nitrogens with zero attached hydrogens (tertiary/aromatic N) is 1. The molecular formula is C24H27NOP+. The number of hydrogen-bond donors (Lipinski definition) is 1. The van der Waals surface area contributed by atoms with Gasteiger partial charge in [0.05, 0.1) is 0 Å². The summed E-state index contributed by atoms with van der Waals surface area (Å²) in [4.78, 5) is 2.00. The van der Waals surface area contributed by atoms with Crippen LogP contribution in [0.5, 0.6) is 0 Å². The Morgan fingerprint density at radius 3 is 1.33 bits per heavy atom. The average molecular weight is 376 g/mol. The Balaban J connectivity index is 2.35. The van der Waals surface area contributed by atoms with E-state index < -0.39 is 7.26 Å². The molecule has 3 rings (SSSR count). The lowest BCUT2D eigenvalue weighted by Gasteiger charge is -2.26. The monoisotopic (exact) mass is 376 g/mol. The number of rotatable bonds is 7. The second kappa shape index (κ2) is 8.88. The summed E-state index contributed by atoms with van der Waals surface area (Å²) < 4.78 is 0. The Bertz CT molecular complexity index is 762. The lowest BCUT2D eigenvalue weighted by atomic mass is 10.4. The minimum Gasteiger partial charge on any atom is -0.492 e. The lowest BCUT2D eigenvalue weighted by Crippen LogP contribution is -2.31. The van der Waals surface area contributed by atoms with Gasteiger partial charge in [-0.05, 0) is 50.2 Å². The highest BCUT2D eigenvalue weighted by molar-refractivity contribution is 7.98. The van der Waals surface area contributed by atoms with Crippen LogP contribution in [0.25, 0.3) is 0 Å². The second-order valence-corrected chi connectivity index (χ2v) is 9.64. The minimum atomic E-state index is -2.14. The van der Waals surface area contributed by atoms with Crippen LogP contribution < -0.4 is 15.9 Å². The zero-order chi connectivity index (χ0) is 19.1. The first kappa shape index (κ1) is 19.2. The van der Waals surface area contributed by atoms with Gasteiger partial charge in [0.15, 0.2) is 0 Å². The molecule has 0 spiro atoms. The molecule has 0 fully saturated rings. The van der Waals surface area contributed by atoms with Gasteiger partial charge in [-0.15, -0.1) is 0 Å². The highest BCUT2D eigenvalue weighted by Crippen LogP contribution is 2.57. The van der Waals surface area contributed by atoms with Crippen LogP contribution in [0.15, 0.2) is 103 Å². The molecule has 0 amide bonds. The fourth-order valence-electron chi connectivity index (χ4n) is 3.46. The topological polar surface area (TPSA) is 23.5 Å². The van der Waals surface area contributed by atoms with Crippen molar-refractivity contribution in [3.8, 4) is 0 Å². The van der Waals surface area contributed by atoms with E-state index in [-0.39, 0.29) is 0 Å². The van der Waals surface area contributed by atoms with Crippen molar-refractivity contribution in [1.29, 1.82) is 0 Å². The van der Waals surface area contributed by atoms with E-state index in [0.29, 0.717) is 5.88 Å². The van der Waals surface area contributed by atoms with Gasteiger partial charge in [-0.25, -0.2) is 0 Å². The van der Waals surface area contributed by atoms with E-state index in [1.807, 2.05) is 23.1 Å². The molecule has 0 unspecified atom stereocenters. The van der Waals surface area contributed by atoms with Crippen molar-refractivity contribution in [3.63, 3.8) is 0 Å². The maximum absolute atomic E-state index is 11.0. The molecule has 1 N–H and O–H groups in total. The molecule has 0 heterocycles. The summed E-state index contributed by atoms with van der Waals surface area (Å²) in [5.74, 6) is 2.46. The highest BCUT2D eigenvalue weighted by atomic mass is 31.2. The molecule has 2 nitrogen and oxygen atoms in total. The largest absolute Gasteiger partial charge is 0.492 e. The van der Waals surface area contributed by atoms with Gasteiger partial charge in [0.25, 0.3) is 0 Å². The molecule has 138 valence electrons. The van der Waals surface area contributed by atoms with E-state index in [4.69, 9.17) is 0 Å². The molecule has 3 aromatic carbocycles. The SMILES string of the molecule is CCN(CC)/C(O)=C/[P+](c1ccccc1)(c1ccccc1)c1ccccc1. The molecule has 0 bridgehead atoms. The van der Waals surface area contributed by atoms with Gasteiger partial charge >= 0.3 is 0 Å². The molecule has 0 aliphatic carbocycles. The summed E-state index contributed by atoms with van der Waals surface area (Å²) >= 11 is 0. The molecule has 3 heteroatoms. The normalized spacial score (nSPS) is 12.0. The van der Waals surface area contributed by atoms with Gasteiger partial charge in [-0.3, -0.25) is 0 Å². The van der Waals surface area contributed by atoms with Crippen LogP contribution in [-0.2, 0) is 0 Å². The molecular weight excluding hydrogens is 349 g/mol. The fraction of sp³-hybridized carbons (Fsp3) is 0.167. The number of hydrogen-bond acceptors (Lipinski definition) is 2. The van der Waals surface area contributed by atoms with Crippen molar-refractivity contribution >= 4 is 23.2 Å². The van der Waals surface area contributed by atoms with Gasteiger partial charge in [0.1, 0.15) is 29.0 Å². The predicted octanol–water partition coefficient (Wildman–Crippen LogP) is 4.68. The quantitative estimate of drug-likeness (QED) is 0.478. The van der Waals surface area contributed by atoms with Crippen molar-refractivity contribution in [2.24, 2.45) is 0 Å². The van der Waals surface area contributed by atoms with Crippen molar-refractivity contribution in [2.45, 2.75) is 13.8 Å². The first-order chi connectivity index (χ1) is 13.2. The fourth-order valence-corrected chi connectivity index (χ4v) is 7.24. The molecule has 0 saturated carbocycles. The average Bonchev–Trinajstić information content (AvgIpc) is 2.75. The Morgan fingerprint density at radius 1 is 0.704 bits per heavy atom. The maximum Gasteiger partial charge on any atom is 0.224 e. The molecule has 0 radical (unpaired) electrons. The summed E-state index contributed by atoms with van der Waals surface area (Å²) in [6.07, 6.45) is 0. The Morgan fingerprint density at radius 2 is 1.04 bits per heavy atom. The summed E-state index contributed by atoms with van der Waals surface area (Å²) in [7, 11) is -2.14. The van der Waals surface area contributed by atoms with Gasteiger partial charge in [-0.1, -0.05) is 54.6 Å². The number of aliphatic hydroxyl groups excluding tert-OH is 1. The van der Waals surface area contributed by atoms with E-state index >= 15 is 0 Å². The molecule has 0 aromatic heterocycles. The minimum absolute atomic E-state index is 0.352. The van der Waals surface area contributed by atoms with Crippen LogP contribution in [0, 0.1) is 0 Å². The van der Waals surface area contributed by atoms with Crippen molar-refractivity contribution in [1.82, 2.24) is 4.90 Å². The van der Waals surface area contributed by atoms with E-state index in [1.54, 1.807) is 0 Å². The summed E-state index contributed by atoms with van der Waals surface area (Å²) in [5.41, 5.74) is 0. The van der Waals surface area contributed by atoms with Gasteiger partial charge < -0.3 is 10.0 Å². The van der Waals surface area contributed by atoms with Crippen LogP contribution in [-0.4, -0.2) is 23.1 Å². The van der Waals surface area contributed by atoms with Crippen molar-refractivity contribution in [2.75, 3.05) is 13.1 Å². The lowest BCUT2D eigenvalue weighted by molar-refractivity contribution is 0.217. The van der Waals surface area contributed by atoms with Crippen molar-refractivity contribution in [3.05, 3.63) is 103 Å². The molecule has 0 saturated heterocycles. The predicted molar refractivity (Wildman–Crippen MR) is 119 cm³/mol. The van der Waals surface area contributed by atoms with E-state index in [0.717, 1.165) is 13.1 Å². The number of benzene rings is 3. The van der Waals surface area contributed by atoms with Crippen LogP contribution in [0.3, 0.4) is 0 Å². The Kier molecular flexibility index (Phi) is 6.32. The van der Waals surface area contributed by atoms with E-state index in [2.05, 4.69) is 92.5 Å². The summed E-state index contributed by atoms with van der Waals surface area (Å²) in [5, 5.41) is 14.8. The smallest absolute Gasteiger partial charge is 0.224 e. The van der Waals surface area contributed by atoms with E-state index in [1.165, 1.54) is 15.9 Å². The third-order valence-corrected chi connectivity index (χ3v) is 8.84. The van der Waals surface area contributed by atoms with Crippen LogP contribution in [0.2, 0.25) is 0 Å². The summed E-state index contributed by atoms with van der Waals surface area (Å²) in [6.45, 7) is 5.69. The zero-order valence-electron chi connectivity index (χ0n) is 16.0. The Labute approximate surface area is 163 Å². The Hall–Kier alpha value is -2.57. The first-order valence-corrected chi connectivity index (χ1v) is 11.3. The van der Waals surface area contributed by atoms with Crippen LogP contribution in [0.1, 0.15) is 13.8 Å². The maximum atomic E-state index is 11.0.